The molecule has 7 nitrogen and oxygen atoms in total. The maximum atomic E-state index is 13.8. The van der Waals surface area contributed by atoms with Gasteiger partial charge in [0.2, 0.25) is 11.8 Å². The molecular weight excluding hydrogens is 547 g/mol. The van der Waals surface area contributed by atoms with Crippen molar-refractivity contribution in [2.75, 3.05) is 32.7 Å². The average molecular weight is 588 g/mol. The van der Waals surface area contributed by atoms with E-state index < -0.39 is 6.04 Å². The fourth-order valence-electron chi connectivity index (χ4n) is 5.62. The predicted octanol–water partition coefficient (Wildman–Crippen LogP) is 5.27. The summed E-state index contributed by atoms with van der Waals surface area (Å²) in [4.78, 5) is 43.4. The van der Waals surface area contributed by atoms with Crippen molar-refractivity contribution in [3.63, 3.8) is 0 Å². The Morgan fingerprint density at radius 2 is 1.77 bits per heavy atom. The van der Waals surface area contributed by atoms with Crippen LogP contribution in [0.5, 0.6) is 0 Å². The van der Waals surface area contributed by atoms with Gasteiger partial charge in [-0.1, -0.05) is 60.5 Å². The molecule has 2 heterocycles. The Balaban J connectivity index is 1.44. The molecule has 2 fully saturated rings. The average Bonchev–Trinajstić information content (AvgIpc) is 3.13. The second-order valence-electron chi connectivity index (χ2n) is 10.8. The first-order valence-corrected chi connectivity index (χ1v) is 15.2. The number of carbonyl (C=O) groups is 3. The zero-order valence-electron chi connectivity index (χ0n) is 23.2. The number of hydrogen-bond acceptors (Lipinski definition) is 4. The van der Waals surface area contributed by atoms with Crippen molar-refractivity contribution in [1.82, 2.24) is 20.4 Å². The molecule has 0 saturated carbocycles. The topological polar surface area (TPSA) is 81.8 Å². The minimum atomic E-state index is -0.489. The van der Waals surface area contributed by atoms with Gasteiger partial charge in [-0.15, -0.1) is 0 Å². The Hall–Kier alpha value is -2.61. The molecule has 2 aromatic carbocycles. The van der Waals surface area contributed by atoms with Crippen LogP contribution in [0.15, 0.2) is 48.5 Å². The Kier molecular flexibility index (Phi) is 11.3. The molecule has 2 aliphatic heterocycles. The highest BCUT2D eigenvalue weighted by molar-refractivity contribution is 6.42. The molecule has 3 amide bonds. The van der Waals surface area contributed by atoms with Crippen molar-refractivity contribution in [2.45, 2.75) is 69.9 Å². The number of nitrogens with zero attached hydrogens (tertiary/aromatic N) is 2. The fourth-order valence-corrected chi connectivity index (χ4v) is 5.91. The summed E-state index contributed by atoms with van der Waals surface area (Å²) in [6, 6.07) is 14.5. The van der Waals surface area contributed by atoms with Crippen LogP contribution in [0.25, 0.3) is 0 Å². The standard InChI is InChI=1S/C31H40Cl2N4O3/c1-2-22(23-9-5-3-6-10-23)21-37-18-15-25(20-34-30(39)24-11-12-26(32)27(33)19-24)35-28(31(37)40)13-14-29(38)36-16-7-4-8-17-36/h3,5-6,9-12,19,22,25,28,35H,2,4,7-8,13-18,20-21H2,1H3,(H,34,39)/t22-,25+,28+/m1/s1. The zero-order chi connectivity index (χ0) is 28.5. The van der Waals surface area contributed by atoms with E-state index in [2.05, 4.69) is 29.7 Å². The first kappa shape index (κ1) is 30.4. The van der Waals surface area contributed by atoms with Crippen LogP contribution in [-0.4, -0.2) is 72.3 Å². The van der Waals surface area contributed by atoms with Crippen LogP contribution in [0.2, 0.25) is 10.0 Å². The summed E-state index contributed by atoms with van der Waals surface area (Å²) in [6.07, 6.45) is 5.62. The molecule has 0 aliphatic carbocycles. The Bertz CT molecular complexity index is 1160. The van der Waals surface area contributed by atoms with E-state index in [0.717, 1.165) is 38.8 Å². The molecular formula is C31H40Cl2N4O3. The van der Waals surface area contributed by atoms with Crippen LogP contribution in [0, 0.1) is 0 Å². The molecule has 0 radical (unpaired) electrons. The minimum absolute atomic E-state index is 0.0270. The minimum Gasteiger partial charge on any atom is -0.350 e. The monoisotopic (exact) mass is 586 g/mol. The number of rotatable bonds is 10. The molecule has 9 heteroatoms. The van der Waals surface area contributed by atoms with Crippen LogP contribution >= 0.6 is 23.2 Å². The van der Waals surface area contributed by atoms with Crippen molar-refractivity contribution >= 4 is 40.9 Å². The summed E-state index contributed by atoms with van der Waals surface area (Å²) < 4.78 is 0. The van der Waals surface area contributed by atoms with E-state index in [9.17, 15) is 14.4 Å². The van der Waals surface area contributed by atoms with Crippen molar-refractivity contribution in [3.05, 3.63) is 69.7 Å². The quantitative estimate of drug-likeness (QED) is 0.397. The maximum Gasteiger partial charge on any atom is 0.251 e. The molecule has 2 saturated heterocycles. The smallest absolute Gasteiger partial charge is 0.251 e. The van der Waals surface area contributed by atoms with E-state index >= 15 is 0 Å². The molecule has 0 unspecified atom stereocenters. The van der Waals surface area contributed by atoms with Gasteiger partial charge in [-0.05, 0) is 62.3 Å². The number of carbonyl (C=O) groups excluding carboxylic acids is 3. The zero-order valence-corrected chi connectivity index (χ0v) is 24.7. The first-order chi connectivity index (χ1) is 19.4. The van der Waals surface area contributed by atoms with Crippen LogP contribution < -0.4 is 10.6 Å². The highest BCUT2D eigenvalue weighted by Crippen LogP contribution is 2.24. The van der Waals surface area contributed by atoms with Gasteiger partial charge < -0.3 is 20.4 Å². The molecule has 0 spiro atoms. The predicted molar refractivity (Wildman–Crippen MR) is 160 cm³/mol. The lowest BCUT2D eigenvalue weighted by Gasteiger charge is -2.30. The Morgan fingerprint density at radius 1 is 1.02 bits per heavy atom. The van der Waals surface area contributed by atoms with E-state index in [4.69, 9.17) is 23.2 Å². The van der Waals surface area contributed by atoms with Gasteiger partial charge >= 0.3 is 0 Å². The first-order valence-electron chi connectivity index (χ1n) is 14.5. The van der Waals surface area contributed by atoms with E-state index in [1.54, 1.807) is 18.2 Å². The summed E-state index contributed by atoms with van der Waals surface area (Å²) in [7, 11) is 0. The summed E-state index contributed by atoms with van der Waals surface area (Å²) in [5.74, 6) is 0.121. The molecule has 0 aromatic heterocycles. The number of halogens is 2. The largest absolute Gasteiger partial charge is 0.350 e. The normalized spacial score (nSPS) is 20.6. The Labute approximate surface area is 247 Å². The molecule has 40 heavy (non-hydrogen) atoms. The van der Waals surface area contributed by atoms with E-state index in [1.165, 1.54) is 5.56 Å². The highest BCUT2D eigenvalue weighted by atomic mass is 35.5. The van der Waals surface area contributed by atoms with Crippen molar-refractivity contribution < 1.29 is 14.4 Å². The van der Waals surface area contributed by atoms with Gasteiger partial charge in [0.1, 0.15) is 0 Å². The summed E-state index contributed by atoms with van der Waals surface area (Å²) in [6.45, 7) is 5.31. The third-order valence-electron chi connectivity index (χ3n) is 8.05. The lowest BCUT2D eigenvalue weighted by molar-refractivity contribution is -0.134. The van der Waals surface area contributed by atoms with Gasteiger partial charge in [-0.2, -0.15) is 0 Å². The number of likely N-dealkylation sites (tertiary alicyclic amines) is 1. The molecule has 2 aromatic rings. The second kappa shape index (κ2) is 14.9. The molecule has 216 valence electrons. The molecule has 2 N–H and O–H groups in total. The van der Waals surface area contributed by atoms with Gasteiger partial charge in [0, 0.05) is 56.7 Å². The maximum absolute atomic E-state index is 13.8. The lowest BCUT2D eigenvalue weighted by atomic mass is 9.95. The van der Waals surface area contributed by atoms with Crippen LogP contribution in [0.4, 0.5) is 0 Å². The third-order valence-corrected chi connectivity index (χ3v) is 8.78. The van der Waals surface area contributed by atoms with E-state index in [-0.39, 0.29) is 29.7 Å². The van der Waals surface area contributed by atoms with Gasteiger partial charge in [0.25, 0.3) is 5.91 Å². The number of benzene rings is 2. The van der Waals surface area contributed by atoms with E-state index in [0.29, 0.717) is 54.5 Å². The number of nitrogens with one attached hydrogen (secondary N) is 2. The summed E-state index contributed by atoms with van der Waals surface area (Å²) >= 11 is 12.1. The fraction of sp³-hybridized carbons (Fsp3) is 0.516. The molecule has 3 atom stereocenters. The number of hydrogen-bond donors (Lipinski definition) is 2. The highest BCUT2D eigenvalue weighted by Gasteiger charge is 2.33. The number of piperidine rings is 1. The molecule has 2 aliphatic rings. The van der Waals surface area contributed by atoms with Gasteiger partial charge in [0.15, 0.2) is 0 Å². The lowest BCUT2D eigenvalue weighted by Crippen LogP contribution is -2.49. The van der Waals surface area contributed by atoms with Gasteiger partial charge in [-0.3, -0.25) is 14.4 Å². The van der Waals surface area contributed by atoms with Crippen molar-refractivity contribution in [3.8, 4) is 0 Å². The third kappa shape index (κ3) is 8.21. The summed E-state index contributed by atoms with van der Waals surface area (Å²) in [5, 5.41) is 7.19. The second-order valence-corrected chi connectivity index (χ2v) is 11.6. The number of amides is 3. The van der Waals surface area contributed by atoms with Crippen LogP contribution in [0.3, 0.4) is 0 Å². The summed E-state index contributed by atoms with van der Waals surface area (Å²) in [5.41, 5.74) is 1.65. The van der Waals surface area contributed by atoms with Gasteiger partial charge in [-0.25, -0.2) is 0 Å². The van der Waals surface area contributed by atoms with Gasteiger partial charge in [0.05, 0.1) is 16.1 Å². The van der Waals surface area contributed by atoms with Crippen LogP contribution in [-0.2, 0) is 9.59 Å². The van der Waals surface area contributed by atoms with E-state index in [1.807, 2.05) is 28.0 Å². The SMILES string of the molecule is CC[C@H](CN1CC[C@@H](CNC(=O)c2ccc(Cl)c(Cl)c2)N[C@@H](CCC(=O)N2CCCCC2)C1=O)c1ccccc1. The Morgan fingerprint density at radius 3 is 2.48 bits per heavy atom. The molecule has 0 bridgehead atoms. The molecule has 4 rings (SSSR count). The van der Waals surface area contributed by atoms with Crippen LogP contribution in [0.1, 0.15) is 73.7 Å². The van der Waals surface area contributed by atoms with Crippen molar-refractivity contribution in [1.29, 1.82) is 0 Å². The van der Waals surface area contributed by atoms with Crippen molar-refractivity contribution in [2.24, 2.45) is 0 Å².